The van der Waals surface area contributed by atoms with Crippen molar-refractivity contribution in [3.05, 3.63) is 59.1 Å². The predicted octanol–water partition coefficient (Wildman–Crippen LogP) is 3.48. The van der Waals surface area contributed by atoms with Crippen molar-refractivity contribution in [2.75, 3.05) is 11.9 Å². The zero-order valence-electron chi connectivity index (χ0n) is 15.2. The summed E-state index contributed by atoms with van der Waals surface area (Å²) in [6.07, 6.45) is 3.75. The number of esters is 1. The second-order valence-electron chi connectivity index (χ2n) is 6.41. The molecule has 6 nitrogen and oxygen atoms in total. The molecule has 27 heavy (non-hydrogen) atoms. The van der Waals surface area contributed by atoms with Crippen LogP contribution in [0.5, 0.6) is 0 Å². The van der Waals surface area contributed by atoms with Crippen molar-refractivity contribution in [1.29, 1.82) is 0 Å². The summed E-state index contributed by atoms with van der Waals surface area (Å²) in [7, 11) is 0. The number of aryl methyl sites for hydroxylation is 1. The Hall–Kier alpha value is -2.67. The average Bonchev–Trinajstić information content (AvgIpc) is 3.15. The topological polar surface area (TPSA) is 80.3 Å². The van der Waals surface area contributed by atoms with E-state index in [-0.39, 0.29) is 17.6 Å². The van der Waals surface area contributed by atoms with Crippen LogP contribution in [0.4, 0.5) is 5.13 Å². The van der Waals surface area contributed by atoms with Gasteiger partial charge in [0.2, 0.25) is 0 Å². The van der Waals surface area contributed by atoms with Crippen LogP contribution in [0.2, 0.25) is 0 Å². The molecule has 2 atom stereocenters. The maximum absolute atomic E-state index is 12.5. The van der Waals surface area contributed by atoms with E-state index >= 15 is 0 Å². The summed E-state index contributed by atoms with van der Waals surface area (Å²) < 4.78 is 5.29. The summed E-state index contributed by atoms with van der Waals surface area (Å²) in [5, 5.41) is 8.23. The first-order valence-electron chi connectivity index (χ1n) is 8.98. The minimum absolute atomic E-state index is 0.0439. The van der Waals surface area contributed by atoms with Gasteiger partial charge in [0.05, 0.1) is 6.04 Å². The lowest BCUT2D eigenvalue weighted by Gasteiger charge is -2.27. The Kier molecular flexibility index (Phi) is 6.24. The highest BCUT2D eigenvalue weighted by Gasteiger charge is 2.26. The number of fused-ring (bicyclic) bond motifs is 1. The highest BCUT2D eigenvalue weighted by atomic mass is 32.1. The minimum Gasteiger partial charge on any atom is -0.448 e. The highest BCUT2D eigenvalue weighted by molar-refractivity contribution is 7.13. The monoisotopic (exact) mass is 385 g/mol. The largest absolute Gasteiger partial charge is 0.448 e. The molecule has 1 heterocycles. The van der Waals surface area contributed by atoms with Gasteiger partial charge in [-0.15, -0.1) is 17.9 Å². The number of thiazole rings is 1. The summed E-state index contributed by atoms with van der Waals surface area (Å²) in [6, 6.07) is 8.09. The number of benzene rings is 1. The lowest BCUT2D eigenvalue weighted by atomic mass is 9.87. The number of carbonyl (C=O) groups excluding carboxylic acids is 2. The molecule has 0 spiro atoms. The van der Waals surface area contributed by atoms with Gasteiger partial charge in [0, 0.05) is 11.9 Å². The van der Waals surface area contributed by atoms with Crippen molar-refractivity contribution in [1.82, 2.24) is 10.3 Å². The molecule has 1 aromatic carbocycles. The number of nitrogens with zero attached hydrogens (tertiary/aromatic N) is 1. The highest BCUT2D eigenvalue weighted by Crippen LogP contribution is 2.29. The summed E-state index contributed by atoms with van der Waals surface area (Å²) in [5.41, 5.74) is 2.60. The fourth-order valence-corrected chi connectivity index (χ4v) is 3.77. The van der Waals surface area contributed by atoms with E-state index in [2.05, 4.69) is 28.3 Å². The minimum atomic E-state index is -0.891. The van der Waals surface area contributed by atoms with E-state index in [1.807, 2.05) is 18.2 Å². The Morgan fingerprint density at radius 2 is 2.26 bits per heavy atom. The van der Waals surface area contributed by atoms with E-state index in [1.165, 1.54) is 16.9 Å². The van der Waals surface area contributed by atoms with E-state index in [0.29, 0.717) is 11.7 Å². The van der Waals surface area contributed by atoms with Gasteiger partial charge in [-0.1, -0.05) is 30.3 Å². The van der Waals surface area contributed by atoms with Crippen molar-refractivity contribution in [3.63, 3.8) is 0 Å². The molecule has 0 saturated carbocycles. The molecule has 0 radical (unpaired) electrons. The molecule has 0 bridgehead atoms. The van der Waals surface area contributed by atoms with Crippen molar-refractivity contribution in [2.24, 2.45) is 0 Å². The van der Waals surface area contributed by atoms with Gasteiger partial charge in [0.15, 0.2) is 16.9 Å². The zero-order valence-corrected chi connectivity index (χ0v) is 16.1. The molecule has 1 amide bonds. The predicted molar refractivity (Wildman–Crippen MR) is 106 cm³/mol. The van der Waals surface area contributed by atoms with E-state index in [0.717, 1.165) is 24.8 Å². The van der Waals surface area contributed by atoms with Gasteiger partial charge in [0.1, 0.15) is 0 Å². The summed E-state index contributed by atoms with van der Waals surface area (Å²) in [6.45, 7) is 5.75. The average molecular weight is 385 g/mol. The maximum atomic E-state index is 12.5. The third-order valence-electron chi connectivity index (χ3n) is 4.45. The molecule has 0 aliphatic heterocycles. The Morgan fingerprint density at radius 1 is 1.44 bits per heavy atom. The van der Waals surface area contributed by atoms with Gasteiger partial charge < -0.3 is 15.4 Å². The molecular weight excluding hydrogens is 362 g/mol. The van der Waals surface area contributed by atoms with Crippen LogP contribution in [-0.4, -0.2) is 29.5 Å². The second kappa shape index (κ2) is 8.81. The van der Waals surface area contributed by atoms with Crippen LogP contribution in [-0.2, 0) is 16.0 Å². The first kappa shape index (κ1) is 19.1. The van der Waals surface area contributed by atoms with Gasteiger partial charge in [-0.25, -0.2) is 9.78 Å². The van der Waals surface area contributed by atoms with Crippen molar-refractivity contribution >= 4 is 28.3 Å². The van der Waals surface area contributed by atoms with Crippen LogP contribution < -0.4 is 10.6 Å². The van der Waals surface area contributed by atoms with E-state index < -0.39 is 12.1 Å². The summed E-state index contributed by atoms with van der Waals surface area (Å²) >= 11 is 1.30. The standard InChI is InChI=1S/C20H23N3O3S/c1-3-11-21-20-23-17(12-27-20)19(25)26-13(2)18(24)22-16-10-6-8-14-7-4-5-9-15(14)16/h3-5,7,9,12-13,16H,1,6,8,10-11H2,2H3,(H,21,23)(H,22,24)/t13-,16-/m1/s1. The molecule has 3 rings (SSSR count). The fourth-order valence-electron chi connectivity index (χ4n) is 3.08. The Labute approximate surface area is 162 Å². The van der Waals surface area contributed by atoms with E-state index in [9.17, 15) is 9.59 Å². The van der Waals surface area contributed by atoms with Gasteiger partial charge in [0.25, 0.3) is 5.91 Å². The summed E-state index contributed by atoms with van der Waals surface area (Å²) in [4.78, 5) is 28.9. The second-order valence-corrected chi connectivity index (χ2v) is 7.27. The van der Waals surface area contributed by atoms with Crippen molar-refractivity contribution in [2.45, 2.75) is 38.3 Å². The van der Waals surface area contributed by atoms with Crippen molar-refractivity contribution < 1.29 is 14.3 Å². The molecule has 1 aliphatic rings. The maximum Gasteiger partial charge on any atom is 0.358 e. The van der Waals surface area contributed by atoms with Crippen molar-refractivity contribution in [3.8, 4) is 0 Å². The number of nitrogens with one attached hydrogen (secondary N) is 2. The smallest absolute Gasteiger partial charge is 0.358 e. The summed E-state index contributed by atoms with van der Waals surface area (Å²) in [5.74, 6) is -0.908. The van der Waals surface area contributed by atoms with Gasteiger partial charge in [-0.05, 0) is 37.3 Å². The van der Waals surface area contributed by atoms with Gasteiger partial charge in [-0.2, -0.15) is 0 Å². The number of amides is 1. The molecule has 0 saturated heterocycles. The fraction of sp³-hybridized carbons (Fsp3) is 0.350. The molecule has 1 aliphatic carbocycles. The first-order chi connectivity index (χ1) is 13.1. The van der Waals surface area contributed by atoms with Crippen LogP contribution in [0.25, 0.3) is 0 Å². The number of rotatable bonds is 7. The number of hydrogen-bond acceptors (Lipinski definition) is 6. The quantitative estimate of drug-likeness (QED) is 0.563. The molecule has 2 N–H and O–H groups in total. The van der Waals surface area contributed by atoms with E-state index in [4.69, 9.17) is 4.74 Å². The third kappa shape index (κ3) is 4.74. The van der Waals surface area contributed by atoms with Crippen LogP contribution in [0.3, 0.4) is 0 Å². The molecule has 7 heteroatoms. The third-order valence-corrected chi connectivity index (χ3v) is 5.25. The lowest BCUT2D eigenvalue weighted by molar-refractivity contribution is -0.130. The Bertz CT molecular complexity index is 833. The number of hydrogen-bond donors (Lipinski definition) is 2. The molecular formula is C20H23N3O3S. The lowest BCUT2D eigenvalue weighted by Crippen LogP contribution is -2.39. The first-order valence-corrected chi connectivity index (χ1v) is 9.86. The molecule has 142 valence electrons. The number of aromatic nitrogens is 1. The molecule has 0 unspecified atom stereocenters. The van der Waals surface area contributed by atoms with Gasteiger partial charge in [-0.3, -0.25) is 4.79 Å². The normalized spacial score (nSPS) is 16.7. The Morgan fingerprint density at radius 3 is 3.07 bits per heavy atom. The zero-order chi connectivity index (χ0) is 19.2. The number of carbonyl (C=O) groups is 2. The van der Waals surface area contributed by atoms with E-state index in [1.54, 1.807) is 18.4 Å². The molecule has 0 fully saturated rings. The van der Waals surface area contributed by atoms with Crippen LogP contribution >= 0.6 is 11.3 Å². The number of anilines is 1. The number of ether oxygens (including phenoxy) is 1. The van der Waals surface area contributed by atoms with Crippen LogP contribution in [0, 0.1) is 0 Å². The molecule has 2 aromatic rings. The SMILES string of the molecule is C=CCNc1nc(C(=O)O[C@H](C)C(=O)N[C@@H]2CCCc3ccccc32)cs1. The molecule has 1 aromatic heterocycles. The van der Waals surface area contributed by atoms with Gasteiger partial charge >= 0.3 is 5.97 Å². The Balaban J connectivity index is 1.57. The van der Waals surface area contributed by atoms with Crippen LogP contribution in [0.1, 0.15) is 47.4 Å². The van der Waals surface area contributed by atoms with Crippen LogP contribution in [0.15, 0.2) is 42.3 Å².